The van der Waals surface area contributed by atoms with Crippen LogP contribution in [0.3, 0.4) is 0 Å². The first-order valence-corrected chi connectivity index (χ1v) is 8.23. The second-order valence-electron chi connectivity index (χ2n) is 5.71. The molecule has 0 fully saturated rings. The number of allylic oxidation sites excluding steroid dienone is 1. The van der Waals surface area contributed by atoms with Gasteiger partial charge in [0, 0.05) is 5.69 Å². The maximum absolute atomic E-state index is 12.6. The van der Waals surface area contributed by atoms with Crippen molar-refractivity contribution in [1.82, 2.24) is 9.78 Å². The Morgan fingerprint density at radius 3 is 2.56 bits per heavy atom. The summed E-state index contributed by atoms with van der Waals surface area (Å²) in [5.74, 6) is -0.404. The Bertz CT molecular complexity index is 938. The molecule has 0 atom stereocenters. The van der Waals surface area contributed by atoms with Gasteiger partial charge in [0.1, 0.15) is 11.6 Å². The zero-order valence-electron chi connectivity index (χ0n) is 15.4. The number of amides is 1. The molecule has 1 aromatic carbocycles. The van der Waals surface area contributed by atoms with Crippen LogP contribution < -0.4 is 15.2 Å². The van der Waals surface area contributed by atoms with Crippen LogP contribution in [0.25, 0.3) is 6.08 Å². The van der Waals surface area contributed by atoms with Crippen LogP contribution in [0.2, 0.25) is 0 Å². The van der Waals surface area contributed by atoms with Crippen LogP contribution in [-0.2, 0) is 4.79 Å². The molecule has 1 amide bonds. The number of aromatic nitrogens is 2. The second-order valence-corrected chi connectivity index (χ2v) is 5.71. The molecule has 0 aliphatic carbocycles. The summed E-state index contributed by atoms with van der Waals surface area (Å²) in [6, 6.07) is 8.51. The maximum Gasteiger partial charge on any atom is 0.289 e. The molecule has 0 aliphatic heterocycles. The maximum atomic E-state index is 12.6. The van der Waals surface area contributed by atoms with Gasteiger partial charge in [-0.3, -0.25) is 9.59 Å². The lowest BCUT2D eigenvalue weighted by atomic mass is 10.1. The number of carbonyl (C=O) groups excluding carboxylic acids is 2. The van der Waals surface area contributed by atoms with Gasteiger partial charge in [0.2, 0.25) is 0 Å². The molecule has 0 unspecified atom stereocenters. The summed E-state index contributed by atoms with van der Waals surface area (Å²) in [5.41, 5.74) is 6.91. The lowest BCUT2D eigenvalue weighted by Crippen LogP contribution is -2.20. The van der Waals surface area contributed by atoms with Crippen LogP contribution in [0.1, 0.15) is 28.7 Å². The Labute approximate surface area is 156 Å². The SMILES string of the molecule is CCOc1cc(/C=C(\C#N)C(=O)n2nc(C)cc2C)ccc1OCC(N)=O. The van der Waals surface area contributed by atoms with Crippen molar-refractivity contribution in [2.75, 3.05) is 13.2 Å². The number of hydrogen-bond acceptors (Lipinski definition) is 6. The van der Waals surface area contributed by atoms with Gasteiger partial charge in [-0.2, -0.15) is 10.4 Å². The molecule has 2 N–H and O–H groups in total. The van der Waals surface area contributed by atoms with Gasteiger partial charge in [-0.15, -0.1) is 0 Å². The average molecular weight is 368 g/mol. The molecule has 2 rings (SSSR count). The summed E-state index contributed by atoms with van der Waals surface area (Å²) in [4.78, 5) is 23.5. The van der Waals surface area contributed by atoms with Crippen LogP contribution in [0.4, 0.5) is 0 Å². The highest BCUT2D eigenvalue weighted by molar-refractivity contribution is 6.03. The topological polar surface area (TPSA) is 120 Å². The molecule has 2 aromatic rings. The fourth-order valence-electron chi connectivity index (χ4n) is 2.41. The normalized spacial score (nSPS) is 11.0. The fraction of sp³-hybridized carbons (Fsp3) is 0.263. The number of nitrogens with two attached hydrogens (primary N) is 1. The highest BCUT2D eigenvalue weighted by Crippen LogP contribution is 2.29. The van der Waals surface area contributed by atoms with Crippen molar-refractivity contribution in [3.63, 3.8) is 0 Å². The first-order chi connectivity index (χ1) is 12.8. The van der Waals surface area contributed by atoms with Crippen LogP contribution in [-0.4, -0.2) is 34.8 Å². The summed E-state index contributed by atoms with van der Waals surface area (Å²) in [6.45, 7) is 5.40. The molecular weight excluding hydrogens is 348 g/mol. The molecular formula is C19H20N4O4. The third-order valence-corrected chi connectivity index (χ3v) is 3.50. The lowest BCUT2D eigenvalue weighted by Gasteiger charge is -2.11. The minimum atomic E-state index is -0.608. The van der Waals surface area contributed by atoms with Crippen LogP contribution >= 0.6 is 0 Å². The Kier molecular flexibility index (Phi) is 6.33. The molecule has 140 valence electrons. The van der Waals surface area contributed by atoms with Gasteiger partial charge in [-0.25, -0.2) is 4.68 Å². The van der Waals surface area contributed by atoms with Crippen molar-refractivity contribution >= 4 is 17.9 Å². The summed E-state index contributed by atoms with van der Waals surface area (Å²) in [5, 5.41) is 13.5. The highest BCUT2D eigenvalue weighted by Gasteiger charge is 2.16. The van der Waals surface area contributed by atoms with Crippen molar-refractivity contribution in [3.8, 4) is 17.6 Å². The summed E-state index contributed by atoms with van der Waals surface area (Å²) in [6.07, 6.45) is 1.44. The molecule has 8 heteroatoms. The Hall–Kier alpha value is -3.60. The van der Waals surface area contributed by atoms with E-state index in [9.17, 15) is 14.9 Å². The minimum Gasteiger partial charge on any atom is -0.490 e. The first-order valence-electron chi connectivity index (χ1n) is 8.23. The zero-order chi connectivity index (χ0) is 20.0. The van der Waals surface area contributed by atoms with Crippen molar-refractivity contribution in [2.24, 2.45) is 5.73 Å². The van der Waals surface area contributed by atoms with Gasteiger partial charge in [0.25, 0.3) is 11.8 Å². The van der Waals surface area contributed by atoms with E-state index >= 15 is 0 Å². The number of hydrogen-bond donors (Lipinski definition) is 1. The Morgan fingerprint density at radius 2 is 2.00 bits per heavy atom. The van der Waals surface area contributed by atoms with E-state index in [0.29, 0.717) is 35.1 Å². The number of primary amides is 1. The summed E-state index contributed by atoms with van der Waals surface area (Å²) < 4.78 is 12.0. The standard InChI is InChI=1S/C19H20N4O4/c1-4-26-17-9-14(5-6-16(17)27-11-18(21)24)8-15(10-20)19(25)23-13(3)7-12(2)22-23/h5-9H,4,11H2,1-3H3,(H2,21,24)/b15-8+. The molecule has 0 radical (unpaired) electrons. The number of aryl methyl sites for hydroxylation is 2. The third kappa shape index (κ3) is 4.95. The van der Waals surface area contributed by atoms with E-state index < -0.39 is 11.8 Å². The largest absolute Gasteiger partial charge is 0.490 e. The molecule has 0 bridgehead atoms. The van der Waals surface area contributed by atoms with E-state index in [1.54, 1.807) is 45.0 Å². The molecule has 0 spiro atoms. The van der Waals surface area contributed by atoms with Crippen molar-refractivity contribution in [1.29, 1.82) is 5.26 Å². The van der Waals surface area contributed by atoms with Crippen LogP contribution in [0.15, 0.2) is 29.8 Å². The zero-order valence-corrected chi connectivity index (χ0v) is 15.4. The molecule has 27 heavy (non-hydrogen) atoms. The predicted octanol–water partition coefficient (Wildman–Crippen LogP) is 2.01. The van der Waals surface area contributed by atoms with Gasteiger partial charge in [0.05, 0.1) is 12.3 Å². The second kappa shape index (κ2) is 8.67. The monoisotopic (exact) mass is 368 g/mol. The third-order valence-electron chi connectivity index (χ3n) is 3.50. The number of benzene rings is 1. The molecule has 1 aromatic heterocycles. The van der Waals surface area contributed by atoms with E-state index in [1.165, 1.54) is 10.8 Å². The average Bonchev–Trinajstić information content (AvgIpc) is 2.96. The summed E-state index contributed by atoms with van der Waals surface area (Å²) >= 11 is 0. The molecule has 0 saturated carbocycles. The summed E-state index contributed by atoms with van der Waals surface area (Å²) in [7, 11) is 0. The van der Waals surface area contributed by atoms with Crippen LogP contribution in [0.5, 0.6) is 11.5 Å². The van der Waals surface area contributed by atoms with Crippen molar-refractivity contribution in [3.05, 3.63) is 46.8 Å². The van der Waals surface area contributed by atoms with E-state index in [-0.39, 0.29) is 12.2 Å². The quantitative estimate of drug-likeness (QED) is 0.589. The molecule has 0 saturated heterocycles. The fourth-order valence-corrected chi connectivity index (χ4v) is 2.41. The lowest BCUT2D eigenvalue weighted by molar-refractivity contribution is -0.119. The number of ether oxygens (including phenoxy) is 2. The number of nitriles is 1. The molecule has 0 aliphatic rings. The van der Waals surface area contributed by atoms with Gasteiger partial charge in [0.15, 0.2) is 18.1 Å². The van der Waals surface area contributed by atoms with Gasteiger partial charge in [-0.1, -0.05) is 6.07 Å². The smallest absolute Gasteiger partial charge is 0.289 e. The predicted molar refractivity (Wildman–Crippen MR) is 98.2 cm³/mol. The van der Waals surface area contributed by atoms with Gasteiger partial charge >= 0.3 is 0 Å². The van der Waals surface area contributed by atoms with Gasteiger partial charge < -0.3 is 15.2 Å². The Balaban J connectivity index is 2.36. The molecule has 8 nitrogen and oxygen atoms in total. The highest BCUT2D eigenvalue weighted by atomic mass is 16.5. The van der Waals surface area contributed by atoms with E-state index in [2.05, 4.69) is 5.10 Å². The van der Waals surface area contributed by atoms with Crippen molar-refractivity contribution < 1.29 is 19.1 Å². The van der Waals surface area contributed by atoms with Gasteiger partial charge in [-0.05, 0) is 50.6 Å². The minimum absolute atomic E-state index is 0.0746. The van der Waals surface area contributed by atoms with Crippen LogP contribution in [0, 0.1) is 25.2 Å². The Morgan fingerprint density at radius 1 is 1.26 bits per heavy atom. The number of rotatable bonds is 7. The van der Waals surface area contributed by atoms with Crippen molar-refractivity contribution in [2.45, 2.75) is 20.8 Å². The van der Waals surface area contributed by atoms with E-state index in [0.717, 1.165) is 0 Å². The van der Waals surface area contributed by atoms with E-state index in [1.807, 2.05) is 6.07 Å². The number of nitrogens with zero attached hydrogens (tertiary/aromatic N) is 3. The first kappa shape index (κ1) is 19.7. The van der Waals surface area contributed by atoms with E-state index in [4.69, 9.17) is 15.2 Å². The number of carbonyl (C=O) groups is 2. The molecule has 1 heterocycles.